The van der Waals surface area contributed by atoms with Crippen LogP contribution in [0.2, 0.25) is 0 Å². The predicted molar refractivity (Wildman–Crippen MR) is 124 cm³/mol. The summed E-state index contributed by atoms with van der Waals surface area (Å²) in [5.74, 6) is 0. The number of ether oxygens (including phenoxy) is 4. The third-order valence-corrected chi connectivity index (χ3v) is 6.74. The minimum Gasteiger partial charge on any atom is -0.394 e. The van der Waals surface area contributed by atoms with Crippen LogP contribution in [0.5, 0.6) is 0 Å². The van der Waals surface area contributed by atoms with E-state index in [1.807, 2.05) is 0 Å². The number of rotatable bonds is 16. The lowest BCUT2D eigenvalue weighted by molar-refractivity contribution is -0.359. The molecule has 0 saturated carbocycles. The molecule has 0 spiro atoms. The first-order chi connectivity index (χ1) is 16.8. The molecule has 2 aliphatic heterocycles. The van der Waals surface area contributed by atoms with Crippen LogP contribution in [0.15, 0.2) is 0 Å². The lowest BCUT2D eigenvalue weighted by Crippen LogP contribution is -2.64. The molecule has 2 fully saturated rings. The number of unbranched alkanes of at least 4 members (excludes halogenated alkanes) is 9. The van der Waals surface area contributed by atoms with Gasteiger partial charge >= 0.3 is 0 Å². The first-order valence-corrected chi connectivity index (χ1v) is 13.1. The molecule has 2 rings (SSSR count). The molecule has 2 heterocycles. The van der Waals surface area contributed by atoms with E-state index in [1.165, 1.54) is 44.9 Å². The van der Waals surface area contributed by atoms with Gasteiger partial charge in [0.05, 0.1) is 13.2 Å². The molecule has 11 heteroatoms. The molecule has 0 unspecified atom stereocenters. The zero-order valence-electron chi connectivity index (χ0n) is 20.7. The van der Waals surface area contributed by atoms with Crippen molar-refractivity contribution in [1.82, 2.24) is 0 Å². The number of aliphatic hydroxyl groups excluding tert-OH is 7. The molecule has 0 bridgehead atoms. The maximum Gasteiger partial charge on any atom is 0.187 e. The van der Waals surface area contributed by atoms with Gasteiger partial charge in [0.1, 0.15) is 48.8 Å². The smallest absolute Gasteiger partial charge is 0.187 e. The van der Waals surface area contributed by atoms with Crippen molar-refractivity contribution in [2.75, 3.05) is 19.8 Å². The quantitative estimate of drug-likeness (QED) is 0.134. The van der Waals surface area contributed by atoms with E-state index in [0.29, 0.717) is 6.61 Å². The van der Waals surface area contributed by atoms with E-state index in [-0.39, 0.29) is 0 Å². The molecule has 35 heavy (non-hydrogen) atoms. The van der Waals surface area contributed by atoms with Crippen molar-refractivity contribution in [3.05, 3.63) is 0 Å². The highest BCUT2D eigenvalue weighted by Gasteiger charge is 2.50. The van der Waals surface area contributed by atoms with Gasteiger partial charge in [0.25, 0.3) is 0 Å². The van der Waals surface area contributed by atoms with Gasteiger partial charge in [-0.15, -0.1) is 0 Å². The highest BCUT2D eigenvalue weighted by molar-refractivity contribution is 4.94. The van der Waals surface area contributed by atoms with Crippen LogP contribution in [0.3, 0.4) is 0 Å². The zero-order valence-corrected chi connectivity index (χ0v) is 20.7. The van der Waals surface area contributed by atoms with Gasteiger partial charge in [0.2, 0.25) is 0 Å². The van der Waals surface area contributed by atoms with Gasteiger partial charge in [-0.3, -0.25) is 0 Å². The molecule has 0 aromatic heterocycles. The summed E-state index contributed by atoms with van der Waals surface area (Å²) in [6.07, 6.45) is -2.63. The Bertz CT molecular complexity index is 550. The molecule has 0 aliphatic carbocycles. The summed E-state index contributed by atoms with van der Waals surface area (Å²) in [4.78, 5) is 0. The van der Waals surface area contributed by atoms with Gasteiger partial charge in [-0.2, -0.15) is 0 Å². The van der Waals surface area contributed by atoms with Crippen LogP contribution in [0, 0.1) is 0 Å². The summed E-state index contributed by atoms with van der Waals surface area (Å²) in [5, 5.41) is 70.1. The first kappa shape index (κ1) is 30.8. The topological polar surface area (TPSA) is 179 Å². The van der Waals surface area contributed by atoms with Gasteiger partial charge in [-0.05, 0) is 6.42 Å². The SMILES string of the molecule is CCCCCCCCCCCCO[C@H]1O[C@@H](CO)[C@@H](O[C@H]2O[C@@H](CO)[C@@H](O)[C@@H](O)[C@H]2O)[C@@H](O)[C@@H]1O. The van der Waals surface area contributed by atoms with E-state index < -0.39 is 74.6 Å². The number of aliphatic hydroxyl groups is 7. The maximum absolute atomic E-state index is 10.6. The van der Waals surface area contributed by atoms with Crippen molar-refractivity contribution in [3.8, 4) is 0 Å². The van der Waals surface area contributed by atoms with E-state index in [2.05, 4.69) is 6.92 Å². The van der Waals surface area contributed by atoms with Crippen LogP contribution in [0.1, 0.15) is 71.1 Å². The van der Waals surface area contributed by atoms with E-state index in [9.17, 15) is 35.7 Å². The van der Waals surface area contributed by atoms with Crippen molar-refractivity contribution in [2.24, 2.45) is 0 Å². The fourth-order valence-electron chi connectivity index (χ4n) is 4.48. The monoisotopic (exact) mass is 510 g/mol. The summed E-state index contributed by atoms with van der Waals surface area (Å²) in [6.45, 7) is 1.31. The molecule has 0 aromatic carbocycles. The second-order valence-corrected chi connectivity index (χ2v) is 9.56. The molecule has 0 radical (unpaired) electrons. The molecule has 0 aromatic rings. The second kappa shape index (κ2) is 16.4. The van der Waals surface area contributed by atoms with Crippen LogP contribution in [-0.4, -0.2) is 117 Å². The average molecular weight is 511 g/mol. The third-order valence-electron chi connectivity index (χ3n) is 6.74. The largest absolute Gasteiger partial charge is 0.394 e. The molecule has 11 nitrogen and oxygen atoms in total. The fraction of sp³-hybridized carbons (Fsp3) is 1.00. The Morgan fingerprint density at radius 3 is 1.66 bits per heavy atom. The maximum atomic E-state index is 10.6. The highest BCUT2D eigenvalue weighted by Crippen LogP contribution is 2.29. The van der Waals surface area contributed by atoms with E-state index in [1.54, 1.807) is 0 Å². The van der Waals surface area contributed by atoms with E-state index in [0.717, 1.165) is 19.3 Å². The normalized spacial score (nSPS) is 38.1. The Morgan fingerprint density at radius 2 is 1.09 bits per heavy atom. The first-order valence-electron chi connectivity index (χ1n) is 13.1. The van der Waals surface area contributed by atoms with Crippen LogP contribution < -0.4 is 0 Å². The van der Waals surface area contributed by atoms with Crippen molar-refractivity contribution in [3.63, 3.8) is 0 Å². The predicted octanol–water partition coefficient (Wildman–Crippen LogP) is -0.452. The van der Waals surface area contributed by atoms with Crippen molar-refractivity contribution >= 4 is 0 Å². The summed E-state index contributed by atoms with van der Waals surface area (Å²) in [7, 11) is 0. The standard InChI is InChI=1S/C24H46O11/c1-2-3-4-5-6-7-8-9-10-11-12-32-23-21(31)19(29)22(16(14-26)34-23)35-24-20(30)18(28)17(27)15(13-25)33-24/h15-31H,2-14H2,1H3/t15-,16-,17+,18+,19-,20+,21-,22+,23-,24+/m0/s1. The molecule has 10 atom stereocenters. The van der Waals surface area contributed by atoms with Crippen LogP contribution in [-0.2, 0) is 18.9 Å². The summed E-state index contributed by atoms with van der Waals surface area (Å²) in [5.41, 5.74) is 0. The van der Waals surface area contributed by atoms with Crippen LogP contribution in [0.4, 0.5) is 0 Å². The molecule has 7 N–H and O–H groups in total. The minimum atomic E-state index is -1.69. The Kier molecular flexibility index (Phi) is 14.4. The summed E-state index contributed by atoms with van der Waals surface area (Å²) >= 11 is 0. The molecule has 2 aliphatic rings. The van der Waals surface area contributed by atoms with Gasteiger partial charge in [-0.25, -0.2) is 0 Å². The van der Waals surface area contributed by atoms with Gasteiger partial charge < -0.3 is 54.7 Å². The minimum absolute atomic E-state index is 0.321. The highest BCUT2D eigenvalue weighted by atomic mass is 16.7. The lowest BCUT2D eigenvalue weighted by Gasteiger charge is -2.45. The Hall–Kier alpha value is -0.440. The lowest BCUT2D eigenvalue weighted by atomic mass is 9.97. The van der Waals surface area contributed by atoms with Crippen LogP contribution in [0.25, 0.3) is 0 Å². The molecular weight excluding hydrogens is 464 g/mol. The van der Waals surface area contributed by atoms with E-state index in [4.69, 9.17) is 18.9 Å². The average Bonchev–Trinajstić information content (AvgIpc) is 2.86. The second-order valence-electron chi connectivity index (χ2n) is 9.56. The number of hydrogen-bond acceptors (Lipinski definition) is 11. The van der Waals surface area contributed by atoms with Crippen molar-refractivity contribution in [2.45, 2.75) is 133 Å². The summed E-state index contributed by atoms with van der Waals surface area (Å²) in [6, 6.07) is 0. The molecule has 0 amide bonds. The Labute approximate surface area is 207 Å². The molecule has 2 saturated heterocycles. The number of hydrogen-bond donors (Lipinski definition) is 7. The van der Waals surface area contributed by atoms with Crippen molar-refractivity contribution < 1.29 is 54.7 Å². The zero-order chi connectivity index (χ0) is 25.8. The summed E-state index contributed by atoms with van der Waals surface area (Å²) < 4.78 is 22.0. The fourth-order valence-corrected chi connectivity index (χ4v) is 4.48. The van der Waals surface area contributed by atoms with Gasteiger partial charge in [0.15, 0.2) is 12.6 Å². The van der Waals surface area contributed by atoms with Crippen LogP contribution >= 0.6 is 0 Å². The van der Waals surface area contributed by atoms with Crippen molar-refractivity contribution in [1.29, 1.82) is 0 Å². The van der Waals surface area contributed by atoms with Gasteiger partial charge in [0, 0.05) is 6.61 Å². The Balaban J connectivity index is 1.74. The van der Waals surface area contributed by atoms with E-state index >= 15 is 0 Å². The Morgan fingerprint density at radius 1 is 0.571 bits per heavy atom. The third kappa shape index (κ3) is 9.11. The molecular formula is C24H46O11. The van der Waals surface area contributed by atoms with Gasteiger partial charge in [-0.1, -0.05) is 64.7 Å². The molecule has 208 valence electrons.